The van der Waals surface area contributed by atoms with Crippen LogP contribution in [0.2, 0.25) is 0 Å². The number of hydrogen-bond donors (Lipinski definition) is 0. The summed E-state index contributed by atoms with van der Waals surface area (Å²) in [5, 5.41) is 0. The van der Waals surface area contributed by atoms with Crippen LogP contribution < -0.4 is 0 Å². The molecule has 1 unspecified atom stereocenters. The van der Waals surface area contributed by atoms with E-state index in [9.17, 15) is 0 Å². The predicted octanol–water partition coefficient (Wildman–Crippen LogP) is 3.07. The van der Waals surface area contributed by atoms with Crippen LogP contribution in [0.1, 0.15) is 41.0 Å². The van der Waals surface area contributed by atoms with E-state index in [2.05, 4.69) is 45.6 Å². The second-order valence-electron chi connectivity index (χ2n) is 5.00. The number of rotatable bonds is 1. The highest BCUT2D eigenvalue weighted by Crippen LogP contribution is 2.32. The van der Waals surface area contributed by atoms with Crippen molar-refractivity contribution in [3.63, 3.8) is 0 Å². The lowest BCUT2D eigenvalue weighted by molar-refractivity contribution is 0.212. The Morgan fingerprint density at radius 2 is 2.08 bits per heavy atom. The Bertz CT molecular complexity index is 198. The van der Waals surface area contributed by atoms with Gasteiger partial charge in [0, 0.05) is 12.6 Å². The van der Waals surface area contributed by atoms with E-state index in [1.165, 1.54) is 19.5 Å². The third kappa shape index (κ3) is 2.34. The average molecular weight is 181 g/mol. The van der Waals surface area contributed by atoms with E-state index in [1.807, 2.05) is 0 Å². The van der Waals surface area contributed by atoms with Crippen molar-refractivity contribution in [3.8, 4) is 0 Å². The summed E-state index contributed by atoms with van der Waals surface area (Å²) in [7, 11) is 0. The van der Waals surface area contributed by atoms with Gasteiger partial charge in [0.15, 0.2) is 0 Å². The van der Waals surface area contributed by atoms with E-state index in [1.54, 1.807) is 5.57 Å². The van der Waals surface area contributed by atoms with Crippen molar-refractivity contribution in [1.82, 2.24) is 4.90 Å². The zero-order valence-corrected chi connectivity index (χ0v) is 9.72. The Labute approximate surface area is 82.8 Å². The topological polar surface area (TPSA) is 3.24 Å². The van der Waals surface area contributed by atoms with Crippen molar-refractivity contribution in [2.75, 3.05) is 13.1 Å². The lowest BCUT2D eigenvalue weighted by Crippen LogP contribution is -2.41. The molecule has 0 radical (unpaired) electrons. The number of hydrogen-bond acceptors (Lipinski definition) is 1. The summed E-state index contributed by atoms with van der Waals surface area (Å²) in [6.45, 7) is 13.9. The zero-order valence-electron chi connectivity index (χ0n) is 9.72. The highest BCUT2D eigenvalue weighted by molar-refractivity contribution is 5.19. The van der Waals surface area contributed by atoms with Crippen molar-refractivity contribution < 1.29 is 0 Å². The van der Waals surface area contributed by atoms with E-state index < -0.39 is 0 Å². The maximum Gasteiger partial charge on any atom is 0.0284 e. The average Bonchev–Trinajstić information content (AvgIpc) is 2.02. The fourth-order valence-corrected chi connectivity index (χ4v) is 2.31. The Kier molecular flexibility index (Phi) is 3.18. The lowest BCUT2D eigenvalue weighted by atomic mass is 9.80. The molecule has 0 N–H and O–H groups in total. The van der Waals surface area contributed by atoms with Gasteiger partial charge in [0.2, 0.25) is 0 Å². The van der Waals surface area contributed by atoms with Gasteiger partial charge in [-0.2, -0.15) is 0 Å². The van der Waals surface area contributed by atoms with E-state index in [0.717, 1.165) is 0 Å². The molecule has 1 heteroatoms. The van der Waals surface area contributed by atoms with E-state index in [-0.39, 0.29) is 0 Å². The fraction of sp³-hybridized carbons (Fsp3) is 0.833. The Morgan fingerprint density at radius 3 is 2.54 bits per heavy atom. The monoisotopic (exact) mass is 181 g/mol. The molecular weight excluding hydrogens is 158 g/mol. The molecule has 13 heavy (non-hydrogen) atoms. The first-order valence-corrected chi connectivity index (χ1v) is 5.41. The van der Waals surface area contributed by atoms with Crippen molar-refractivity contribution in [1.29, 1.82) is 0 Å². The van der Waals surface area contributed by atoms with Gasteiger partial charge in [-0.25, -0.2) is 0 Å². The van der Waals surface area contributed by atoms with Crippen LogP contribution in [0.4, 0.5) is 0 Å². The first kappa shape index (κ1) is 10.8. The molecule has 0 saturated carbocycles. The molecule has 1 rings (SSSR count). The van der Waals surface area contributed by atoms with Gasteiger partial charge in [-0.15, -0.1) is 0 Å². The quantitative estimate of drug-likeness (QED) is 0.562. The minimum Gasteiger partial charge on any atom is -0.297 e. The van der Waals surface area contributed by atoms with Crippen molar-refractivity contribution in [3.05, 3.63) is 11.6 Å². The molecule has 1 nitrogen and oxygen atoms in total. The number of nitrogens with zero attached hydrogens (tertiary/aromatic N) is 1. The van der Waals surface area contributed by atoms with Gasteiger partial charge in [-0.1, -0.05) is 39.3 Å². The van der Waals surface area contributed by atoms with Gasteiger partial charge in [0.1, 0.15) is 0 Å². The number of likely N-dealkylation sites (N-methyl/N-ethyl adjacent to an activating group) is 1. The molecule has 0 fully saturated rings. The summed E-state index contributed by atoms with van der Waals surface area (Å²) in [5.74, 6) is 0. The van der Waals surface area contributed by atoms with Crippen LogP contribution in [0.25, 0.3) is 0 Å². The van der Waals surface area contributed by atoms with Crippen LogP contribution in [0.15, 0.2) is 11.6 Å². The Morgan fingerprint density at radius 1 is 1.46 bits per heavy atom. The SMILES string of the molecule is CCN1CCC=C(C(C)(C)C)C1C. The van der Waals surface area contributed by atoms with E-state index >= 15 is 0 Å². The van der Waals surface area contributed by atoms with Gasteiger partial charge < -0.3 is 0 Å². The minimum absolute atomic E-state index is 0.341. The predicted molar refractivity (Wildman–Crippen MR) is 58.9 cm³/mol. The van der Waals surface area contributed by atoms with Gasteiger partial charge in [-0.3, -0.25) is 4.90 Å². The molecule has 1 aliphatic rings. The molecule has 76 valence electrons. The summed E-state index contributed by atoms with van der Waals surface area (Å²) < 4.78 is 0. The third-order valence-corrected chi connectivity index (χ3v) is 3.05. The van der Waals surface area contributed by atoms with E-state index in [4.69, 9.17) is 0 Å². The second kappa shape index (κ2) is 3.83. The largest absolute Gasteiger partial charge is 0.297 e. The summed E-state index contributed by atoms with van der Waals surface area (Å²) in [6.07, 6.45) is 3.67. The van der Waals surface area contributed by atoms with Crippen LogP contribution in [-0.2, 0) is 0 Å². The highest BCUT2D eigenvalue weighted by atomic mass is 15.1. The van der Waals surface area contributed by atoms with Crippen molar-refractivity contribution in [2.24, 2.45) is 5.41 Å². The minimum atomic E-state index is 0.341. The van der Waals surface area contributed by atoms with Gasteiger partial charge in [-0.05, 0) is 25.3 Å². The molecular formula is C12H23N. The van der Waals surface area contributed by atoms with Gasteiger partial charge in [0.25, 0.3) is 0 Å². The molecule has 0 aliphatic carbocycles. The van der Waals surface area contributed by atoms with Gasteiger partial charge >= 0.3 is 0 Å². The third-order valence-electron chi connectivity index (χ3n) is 3.05. The van der Waals surface area contributed by atoms with Crippen molar-refractivity contribution >= 4 is 0 Å². The Balaban J connectivity index is 2.80. The first-order chi connectivity index (χ1) is 5.96. The molecule has 1 heterocycles. The van der Waals surface area contributed by atoms with Crippen LogP contribution in [0.3, 0.4) is 0 Å². The lowest BCUT2D eigenvalue weighted by Gasteiger charge is -2.39. The molecule has 0 bridgehead atoms. The Hall–Kier alpha value is -0.300. The molecule has 0 saturated heterocycles. The summed E-state index contributed by atoms with van der Waals surface area (Å²) in [5.41, 5.74) is 1.95. The fourth-order valence-electron chi connectivity index (χ4n) is 2.31. The van der Waals surface area contributed by atoms with E-state index in [0.29, 0.717) is 11.5 Å². The summed E-state index contributed by atoms with van der Waals surface area (Å²) >= 11 is 0. The maximum absolute atomic E-state index is 2.56. The summed E-state index contributed by atoms with van der Waals surface area (Å²) in [4.78, 5) is 2.56. The molecule has 0 aromatic carbocycles. The molecule has 0 aromatic heterocycles. The maximum atomic E-state index is 2.56. The molecule has 0 aromatic rings. The normalized spacial score (nSPS) is 25.9. The standard InChI is InChI=1S/C12H23N/c1-6-13-9-7-8-11(10(13)2)12(3,4)5/h8,10H,6-7,9H2,1-5H3. The van der Waals surface area contributed by atoms with Crippen molar-refractivity contribution in [2.45, 2.75) is 47.1 Å². The molecule has 1 atom stereocenters. The first-order valence-electron chi connectivity index (χ1n) is 5.41. The van der Waals surface area contributed by atoms with Gasteiger partial charge in [0.05, 0.1) is 0 Å². The zero-order chi connectivity index (χ0) is 10.1. The van der Waals surface area contributed by atoms with Crippen LogP contribution in [0.5, 0.6) is 0 Å². The van der Waals surface area contributed by atoms with Crippen LogP contribution in [0, 0.1) is 5.41 Å². The van der Waals surface area contributed by atoms with Crippen LogP contribution in [-0.4, -0.2) is 24.0 Å². The van der Waals surface area contributed by atoms with Crippen LogP contribution >= 0.6 is 0 Å². The second-order valence-corrected chi connectivity index (χ2v) is 5.00. The highest BCUT2D eigenvalue weighted by Gasteiger charge is 2.27. The summed E-state index contributed by atoms with van der Waals surface area (Å²) in [6, 6.07) is 0.638. The molecule has 1 aliphatic heterocycles. The smallest absolute Gasteiger partial charge is 0.0284 e. The molecule has 0 spiro atoms. The molecule has 0 amide bonds.